The lowest BCUT2D eigenvalue weighted by Crippen LogP contribution is -2.19. The molecule has 1 N–H and O–H groups in total. The summed E-state index contributed by atoms with van der Waals surface area (Å²) < 4.78 is 0. The normalized spacial score (nSPS) is 26.8. The number of rotatable bonds is 4. The van der Waals surface area contributed by atoms with Crippen LogP contribution in [0, 0.1) is 11.8 Å². The lowest BCUT2D eigenvalue weighted by atomic mass is 10.0. The van der Waals surface area contributed by atoms with Crippen molar-refractivity contribution in [2.24, 2.45) is 11.8 Å². The molecular formula is C17H18N2. The van der Waals surface area contributed by atoms with Crippen molar-refractivity contribution in [2.75, 3.05) is 6.54 Å². The molecule has 0 saturated heterocycles. The number of fused-ring (bicyclic) bond motifs is 3. The SMILES string of the molecule is c1ccc(CNCC2C3Cc4ccccc4C23)nc1. The fraction of sp³-hybridized carbons (Fsp3) is 0.353. The third-order valence-corrected chi connectivity index (χ3v) is 4.61. The number of benzene rings is 1. The van der Waals surface area contributed by atoms with E-state index in [-0.39, 0.29) is 0 Å². The Kier molecular flexibility index (Phi) is 2.63. The van der Waals surface area contributed by atoms with Crippen LogP contribution in [0.15, 0.2) is 48.7 Å². The van der Waals surface area contributed by atoms with E-state index in [1.807, 2.05) is 18.3 Å². The van der Waals surface area contributed by atoms with Crippen molar-refractivity contribution in [3.8, 4) is 0 Å². The van der Waals surface area contributed by atoms with Gasteiger partial charge in [0.15, 0.2) is 0 Å². The van der Waals surface area contributed by atoms with E-state index in [9.17, 15) is 0 Å². The smallest absolute Gasteiger partial charge is 0.0541 e. The van der Waals surface area contributed by atoms with Gasteiger partial charge in [0, 0.05) is 12.7 Å². The van der Waals surface area contributed by atoms with Crippen LogP contribution in [0.1, 0.15) is 22.7 Å². The highest BCUT2D eigenvalue weighted by Crippen LogP contribution is 2.60. The second-order valence-electron chi connectivity index (χ2n) is 5.71. The van der Waals surface area contributed by atoms with Crippen molar-refractivity contribution in [3.63, 3.8) is 0 Å². The van der Waals surface area contributed by atoms with Crippen LogP contribution in [-0.4, -0.2) is 11.5 Å². The van der Waals surface area contributed by atoms with Crippen molar-refractivity contribution in [1.82, 2.24) is 10.3 Å². The molecule has 1 saturated carbocycles. The molecule has 3 atom stereocenters. The number of nitrogens with zero attached hydrogens (tertiary/aromatic N) is 1. The zero-order valence-corrected chi connectivity index (χ0v) is 10.9. The van der Waals surface area contributed by atoms with Gasteiger partial charge in [-0.3, -0.25) is 4.98 Å². The molecule has 1 fully saturated rings. The van der Waals surface area contributed by atoms with Gasteiger partial charge in [0.05, 0.1) is 5.69 Å². The monoisotopic (exact) mass is 250 g/mol. The lowest BCUT2D eigenvalue weighted by molar-refractivity contribution is 0.583. The van der Waals surface area contributed by atoms with Crippen molar-refractivity contribution in [2.45, 2.75) is 18.9 Å². The van der Waals surface area contributed by atoms with E-state index in [1.54, 1.807) is 11.1 Å². The molecule has 2 aliphatic rings. The number of hydrogen-bond acceptors (Lipinski definition) is 2. The Labute approximate surface area is 113 Å². The quantitative estimate of drug-likeness (QED) is 0.902. The number of aromatic nitrogens is 1. The van der Waals surface area contributed by atoms with E-state index in [2.05, 4.69) is 40.6 Å². The van der Waals surface area contributed by atoms with Gasteiger partial charge in [0.2, 0.25) is 0 Å². The van der Waals surface area contributed by atoms with Gasteiger partial charge in [-0.25, -0.2) is 0 Å². The Bertz CT molecular complexity index is 579. The van der Waals surface area contributed by atoms with Crippen molar-refractivity contribution in [1.29, 1.82) is 0 Å². The van der Waals surface area contributed by atoms with Gasteiger partial charge >= 0.3 is 0 Å². The molecule has 0 spiro atoms. The predicted molar refractivity (Wildman–Crippen MR) is 75.8 cm³/mol. The Hall–Kier alpha value is -1.67. The first-order chi connectivity index (χ1) is 9.43. The molecule has 4 rings (SSSR count). The van der Waals surface area contributed by atoms with Gasteiger partial charge in [-0.05, 0) is 54.0 Å². The number of nitrogens with one attached hydrogen (secondary N) is 1. The summed E-state index contributed by atoms with van der Waals surface area (Å²) >= 11 is 0. The first-order valence-electron chi connectivity index (χ1n) is 7.12. The highest BCUT2D eigenvalue weighted by atomic mass is 14.9. The van der Waals surface area contributed by atoms with E-state index in [1.165, 1.54) is 6.42 Å². The Morgan fingerprint density at radius 1 is 1.11 bits per heavy atom. The van der Waals surface area contributed by atoms with Crippen LogP contribution >= 0.6 is 0 Å². The summed E-state index contributed by atoms with van der Waals surface area (Å²) in [6.45, 7) is 2.01. The fourth-order valence-electron chi connectivity index (χ4n) is 3.63. The molecule has 2 aliphatic carbocycles. The molecule has 2 nitrogen and oxygen atoms in total. The molecule has 1 aromatic carbocycles. The molecular weight excluding hydrogens is 232 g/mol. The Balaban J connectivity index is 1.33. The average Bonchev–Trinajstić information content (AvgIpc) is 2.99. The minimum atomic E-state index is 0.826. The maximum atomic E-state index is 4.34. The first-order valence-corrected chi connectivity index (χ1v) is 7.12. The first kappa shape index (κ1) is 11.2. The van der Waals surface area contributed by atoms with E-state index in [4.69, 9.17) is 0 Å². The molecule has 96 valence electrons. The van der Waals surface area contributed by atoms with Gasteiger partial charge in [-0.2, -0.15) is 0 Å². The molecule has 0 radical (unpaired) electrons. The van der Waals surface area contributed by atoms with Crippen LogP contribution in [0.4, 0.5) is 0 Å². The minimum Gasteiger partial charge on any atom is -0.311 e. The van der Waals surface area contributed by atoms with Crippen LogP contribution in [0.5, 0.6) is 0 Å². The number of hydrogen-bond donors (Lipinski definition) is 1. The van der Waals surface area contributed by atoms with Crippen molar-refractivity contribution >= 4 is 0 Å². The van der Waals surface area contributed by atoms with Crippen molar-refractivity contribution < 1.29 is 0 Å². The number of pyridine rings is 1. The van der Waals surface area contributed by atoms with E-state index >= 15 is 0 Å². The van der Waals surface area contributed by atoms with Gasteiger partial charge < -0.3 is 5.32 Å². The summed E-state index contributed by atoms with van der Waals surface area (Å²) in [5.41, 5.74) is 4.32. The van der Waals surface area contributed by atoms with E-state index in [0.29, 0.717) is 0 Å². The zero-order valence-electron chi connectivity index (χ0n) is 10.9. The van der Waals surface area contributed by atoms with Crippen LogP contribution < -0.4 is 5.32 Å². The van der Waals surface area contributed by atoms with Gasteiger partial charge in [0.1, 0.15) is 0 Å². The Morgan fingerprint density at radius 3 is 2.89 bits per heavy atom. The van der Waals surface area contributed by atoms with Gasteiger partial charge in [-0.1, -0.05) is 30.3 Å². The molecule has 19 heavy (non-hydrogen) atoms. The van der Waals surface area contributed by atoms with E-state index in [0.717, 1.165) is 36.5 Å². The third-order valence-electron chi connectivity index (χ3n) is 4.61. The lowest BCUT2D eigenvalue weighted by Gasteiger charge is -2.08. The topological polar surface area (TPSA) is 24.9 Å². The van der Waals surface area contributed by atoms with Gasteiger partial charge in [-0.15, -0.1) is 0 Å². The summed E-state index contributed by atoms with van der Waals surface area (Å²) in [6.07, 6.45) is 3.15. The predicted octanol–water partition coefficient (Wildman–Crippen LogP) is 2.76. The summed E-state index contributed by atoms with van der Waals surface area (Å²) in [5.74, 6) is 2.57. The van der Waals surface area contributed by atoms with Crippen LogP contribution in [-0.2, 0) is 13.0 Å². The highest BCUT2D eigenvalue weighted by molar-refractivity contribution is 5.43. The van der Waals surface area contributed by atoms with E-state index < -0.39 is 0 Å². The Morgan fingerprint density at radius 2 is 2.00 bits per heavy atom. The summed E-state index contributed by atoms with van der Waals surface area (Å²) in [7, 11) is 0. The van der Waals surface area contributed by atoms with Crippen LogP contribution in [0.25, 0.3) is 0 Å². The molecule has 0 bridgehead atoms. The summed E-state index contributed by atoms with van der Waals surface area (Å²) in [4.78, 5) is 4.34. The summed E-state index contributed by atoms with van der Waals surface area (Å²) in [6, 6.07) is 15.0. The minimum absolute atomic E-state index is 0.826. The van der Waals surface area contributed by atoms with Crippen LogP contribution in [0.2, 0.25) is 0 Å². The zero-order chi connectivity index (χ0) is 12.7. The van der Waals surface area contributed by atoms with Crippen molar-refractivity contribution in [3.05, 3.63) is 65.5 Å². The van der Waals surface area contributed by atoms with Crippen LogP contribution in [0.3, 0.4) is 0 Å². The average molecular weight is 250 g/mol. The largest absolute Gasteiger partial charge is 0.311 e. The fourth-order valence-corrected chi connectivity index (χ4v) is 3.63. The molecule has 0 amide bonds. The second kappa shape index (κ2) is 4.46. The molecule has 1 aromatic heterocycles. The molecule has 0 aliphatic heterocycles. The second-order valence-corrected chi connectivity index (χ2v) is 5.71. The maximum absolute atomic E-state index is 4.34. The highest BCUT2D eigenvalue weighted by Gasteiger charge is 2.54. The molecule has 1 heterocycles. The molecule has 3 unspecified atom stereocenters. The molecule has 2 aromatic rings. The van der Waals surface area contributed by atoms with Gasteiger partial charge in [0.25, 0.3) is 0 Å². The standard InChI is InChI=1S/C17H18N2/c1-2-7-14-12(5-1)9-15-16(17(14)15)11-18-10-13-6-3-4-8-19-13/h1-8,15-18H,9-11H2. The maximum Gasteiger partial charge on any atom is 0.0541 e. The molecule has 2 heteroatoms. The summed E-state index contributed by atoms with van der Waals surface area (Å²) in [5, 5.41) is 3.56. The third kappa shape index (κ3) is 1.96.